The summed E-state index contributed by atoms with van der Waals surface area (Å²) < 4.78 is 0. The van der Waals surface area contributed by atoms with Crippen LogP contribution < -0.4 is 0 Å². The maximum atomic E-state index is 12.9. The van der Waals surface area contributed by atoms with Crippen LogP contribution in [0.25, 0.3) is 0 Å². The topological polar surface area (TPSA) is 40.6 Å². The second kappa shape index (κ2) is 5.51. The minimum absolute atomic E-state index is 0.0294. The molecule has 114 valence electrons. The monoisotopic (exact) mass is 288 g/mol. The van der Waals surface area contributed by atoms with Gasteiger partial charge in [0.15, 0.2) is 0 Å². The van der Waals surface area contributed by atoms with Crippen LogP contribution in [-0.4, -0.2) is 40.9 Å². The number of rotatable bonds is 2. The van der Waals surface area contributed by atoms with E-state index in [-0.39, 0.29) is 29.4 Å². The maximum Gasteiger partial charge on any atom is 0.256 e. The summed E-state index contributed by atoms with van der Waals surface area (Å²) in [6, 6.07) is 8.82. The molecule has 1 fully saturated rings. The summed E-state index contributed by atoms with van der Waals surface area (Å²) in [5.41, 5.74) is 0.437. The van der Waals surface area contributed by atoms with Crippen LogP contribution in [0.15, 0.2) is 30.3 Å². The van der Waals surface area contributed by atoms with Crippen molar-refractivity contribution in [1.29, 1.82) is 0 Å². The van der Waals surface area contributed by atoms with Crippen LogP contribution in [0, 0.1) is 5.41 Å². The van der Waals surface area contributed by atoms with Crippen molar-refractivity contribution in [2.45, 2.75) is 46.3 Å². The first kappa shape index (κ1) is 15.5. The Bertz CT molecular complexity index is 533. The largest absolute Gasteiger partial charge is 0.323 e. The van der Waals surface area contributed by atoms with Gasteiger partial charge in [-0.1, -0.05) is 45.9 Å². The zero-order valence-electron chi connectivity index (χ0n) is 13.5. The Labute approximate surface area is 126 Å². The fourth-order valence-electron chi connectivity index (χ4n) is 3.18. The van der Waals surface area contributed by atoms with Crippen molar-refractivity contribution < 1.29 is 9.59 Å². The van der Waals surface area contributed by atoms with E-state index >= 15 is 0 Å². The van der Waals surface area contributed by atoms with Crippen LogP contribution in [0.2, 0.25) is 0 Å². The Morgan fingerprint density at radius 3 is 2.24 bits per heavy atom. The summed E-state index contributed by atoms with van der Waals surface area (Å²) in [7, 11) is 1.79. The number of carbonyl (C=O) groups excluding carboxylic acids is 2. The number of amides is 2. The van der Waals surface area contributed by atoms with Gasteiger partial charge in [0.25, 0.3) is 5.91 Å². The molecule has 0 aliphatic carbocycles. The average Bonchev–Trinajstić information content (AvgIpc) is 2.70. The molecule has 0 N–H and O–H groups in total. The molecular formula is C17H24N2O2. The SMILES string of the molecule is CCC1C(=O)N(C)C(C(C)(C)C)N1C(=O)c1ccccc1. The highest BCUT2D eigenvalue weighted by molar-refractivity contribution is 5.99. The average molecular weight is 288 g/mol. The standard InChI is InChI=1S/C17H24N2O2/c1-6-13-15(21)18(5)16(17(2,3)4)19(13)14(20)12-10-8-7-9-11-12/h7-11,13,16H,6H2,1-5H3. The van der Waals surface area contributed by atoms with Crippen molar-refractivity contribution in [3.63, 3.8) is 0 Å². The summed E-state index contributed by atoms with van der Waals surface area (Å²) in [6.45, 7) is 8.13. The van der Waals surface area contributed by atoms with E-state index in [2.05, 4.69) is 20.8 Å². The summed E-state index contributed by atoms with van der Waals surface area (Å²) >= 11 is 0. The second-order valence-corrected chi connectivity index (χ2v) is 6.69. The molecule has 1 aliphatic heterocycles. The number of hydrogen-bond donors (Lipinski definition) is 0. The van der Waals surface area contributed by atoms with Gasteiger partial charge in [-0.3, -0.25) is 9.59 Å². The van der Waals surface area contributed by atoms with Crippen molar-refractivity contribution in [2.24, 2.45) is 5.41 Å². The van der Waals surface area contributed by atoms with Gasteiger partial charge in [-0.2, -0.15) is 0 Å². The van der Waals surface area contributed by atoms with Crippen molar-refractivity contribution in [2.75, 3.05) is 7.05 Å². The van der Waals surface area contributed by atoms with Crippen LogP contribution in [-0.2, 0) is 4.79 Å². The minimum Gasteiger partial charge on any atom is -0.323 e. The normalized spacial score (nSPS) is 22.8. The third kappa shape index (κ3) is 2.67. The van der Waals surface area contributed by atoms with Gasteiger partial charge in [0.1, 0.15) is 12.2 Å². The Morgan fingerprint density at radius 2 is 1.76 bits per heavy atom. The molecule has 2 rings (SSSR count). The molecule has 4 nitrogen and oxygen atoms in total. The molecule has 4 heteroatoms. The molecule has 0 bridgehead atoms. The zero-order chi connectivity index (χ0) is 15.8. The molecule has 1 heterocycles. The van der Waals surface area contributed by atoms with E-state index in [1.807, 2.05) is 25.1 Å². The summed E-state index contributed by atoms with van der Waals surface area (Å²) in [4.78, 5) is 28.9. The van der Waals surface area contributed by atoms with Gasteiger partial charge in [-0.05, 0) is 18.6 Å². The van der Waals surface area contributed by atoms with E-state index in [0.29, 0.717) is 12.0 Å². The summed E-state index contributed by atoms with van der Waals surface area (Å²) in [5, 5.41) is 0. The highest BCUT2D eigenvalue weighted by Gasteiger charge is 2.50. The molecular weight excluding hydrogens is 264 g/mol. The number of likely N-dealkylation sites (N-methyl/N-ethyl adjacent to an activating group) is 1. The first-order valence-electron chi connectivity index (χ1n) is 7.43. The first-order chi connectivity index (χ1) is 9.79. The lowest BCUT2D eigenvalue weighted by Crippen LogP contribution is -2.50. The van der Waals surface area contributed by atoms with Crippen LogP contribution in [0.5, 0.6) is 0 Å². The zero-order valence-corrected chi connectivity index (χ0v) is 13.5. The Morgan fingerprint density at radius 1 is 1.19 bits per heavy atom. The van der Waals surface area contributed by atoms with E-state index in [4.69, 9.17) is 0 Å². The fourth-order valence-corrected chi connectivity index (χ4v) is 3.18. The minimum atomic E-state index is -0.369. The molecule has 0 saturated carbocycles. The van der Waals surface area contributed by atoms with Crippen molar-refractivity contribution in [3.05, 3.63) is 35.9 Å². The van der Waals surface area contributed by atoms with Crippen molar-refractivity contribution in [3.8, 4) is 0 Å². The van der Waals surface area contributed by atoms with E-state index in [1.54, 1.807) is 29.0 Å². The molecule has 1 aromatic carbocycles. The highest BCUT2D eigenvalue weighted by atomic mass is 16.2. The van der Waals surface area contributed by atoms with Crippen LogP contribution in [0.1, 0.15) is 44.5 Å². The van der Waals surface area contributed by atoms with Gasteiger partial charge in [-0.15, -0.1) is 0 Å². The quantitative estimate of drug-likeness (QED) is 0.839. The lowest BCUT2D eigenvalue weighted by atomic mass is 9.90. The third-order valence-corrected chi connectivity index (χ3v) is 4.02. The molecule has 0 aromatic heterocycles. The molecule has 0 spiro atoms. The number of carbonyl (C=O) groups is 2. The number of hydrogen-bond acceptors (Lipinski definition) is 2. The highest BCUT2D eigenvalue weighted by Crippen LogP contribution is 2.35. The summed E-state index contributed by atoms with van der Waals surface area (Å²) in [6.07, 6.45) is 0.413. The lowest BCUT2D eigenvalue weighted by Gasteiger charge is -2.39. The predicted molar refractivity (Wildman–Crippen MR) is 82.7 cm³/mol. The van der Waals surface area contributed by atoms with Gasteiger partial charge in [-0.25, -0.2) is 0 Å². The molecule has 2 amide bonds. The lowest BCUT2D eigenvalue weighted by molar-refractivity contribution is -0.129. The molecule has 0 radical (unpaired) electrons. The Hall–Kier alpha value is -1.84. The predicted octanol–water partition coefficient (Wildman–Crippen LogP) is 2.75. The molecule has 2 unspecified atom stereocenters. The summed E-state index contributed by atoms with van der Waals surface area (Å²) in [5.74, 6) is -0.0400. The van der Waals surface area contributed by atoms with Gasteiger partial charge in [0, 0.05) is 18.0 Å². The van der Waals surface area contributed by atoms with E-state index in [9.17, 15) is 9.59 Å². The van der Waals surface area contributed by atoms with Crippen molar-refractivity contribution in [1.82, 2.24) is 9.80 Å². The van der Waals surface area contributed by atoms with Crippen LogP contribution >= 0.6 is 0 Å². The maximum absolute atomic E-state index is 12.9. The van der Waals surface area contributed by atoms with Gasteiger partial charge < -0.3 is 9.80 Å². The van der Waals surface area contributed by atoms with E-state index < -0.39 is 0 Å². The molecule has 1 aromatic rings. The molecule has 2 atom stereocenters. The fraction of sp³-hybridized carbons (Fsp3) is 0.529. The first-order valence-corrected chi connectivity index (χ1v) is 7.43. The van der Waals surface area contributed by atoms with Crippen molar-refractivity contribution >= 4 is 11.8 Å². The van der Waals surface area contributed by atoms with Gasteiger partial charge in [0.2, 0.25) is 5.91 Å². The van der Waals surface area contributed by atoms with Crippen LogP contribution in [0.4, 0.5) is 0 Å². The van der Waals surface area contributed by atoms with E-state index in [0.717, 1.165) is 0 Å². The Balaban J connectivity index is 2.45. The Kier molecular flexibility index (Phi) is 4.08. The van der Waals surface area contributed by atoms with Crippen LogP contribution in [0.3, 0.4) is 0 Å². The molecule has 1 aliphatic rings. The van der Waals surface area contributed by atoms with Gasteiger partial charge >= 0.3 is 0 Å². The number of benzene rings is 1. The smallest absolute Gasteiger partial charge is 0.256 e. The molecule has 1 saturated heterocycles. The third-order valence-electron chi connectivity index (χ3n) is 4.02. The molecule has 21 heavy (non-hydrogen) atoms. The van der Waals surface area contributed by atoms with Gasteiger partial charge in [0.05, 0.1) is 0 Å². The number of nitrogens with zero attached hydrogens (tertiary/aromatic N) is 2. The second-order valence-electron chi connectivity index (χ2n) is 6.69. The van der Waals surface area contributed by atoms with E-state index in [1.165, 1.54) is 0 Å².